The van der Waals surface area contributed by atoms with E-state index < -0.39 is 0 Å². The fourth-order valence-electron chi connectivity index (χ4n) is 3.01. The molecule has 1 atom stereocenters. The largest absolute Gasteiger partial charge is 0.321 e. The molecule has 1 aliphatic carbocycles. The van der Waals surface area contributed by atoms with Gasteiger partial charge >= 0.3 is 0 Å². The molecule has 2 N–H and O–H groups in total. The zero-order chi connectivity index (χ0) is 11.8. The Morgan fingerprint density at radius 3 is 2.50 bits per heavy atom. The number of benzene rings is 1. The molecule has 1 unspecified atom stereocenters. The molecule has 0 aliphatic heterocycles. The molecular weight excluding hydrogens is 218 g/mol. The van der Waals surface area contributed by atoms with Gasteiger partial charge in [0, 0.05) is 10.6 Å². The van der Waals surface area contributed by atoms with E-state index in [0.717, 1.165) is 23.4 Å². The highest BCUT2D eigenvalue weighted by Crippen LogP contribution is 2.46. The number of nitrogens with two attached hydrogens (primary N) is 1. The second-order valence-corrected chi connectivity index (χ2v) is 6.24. The van der Waals surface area contributed by atoms with Gasteiger partial charge in [-0.3, -0.25) is 0 Å². The minimum absolute atomic E-state index is 0.236. The van der Waals surface area contributed by atoms with Crippen molar-refractivity contribution in [2.45, 2.75) is 45.1 Å². The molecule has 88 valence electrons. The van der Waals surface area contributed by atoms with Crippen LogP contribution < -0.4 is 5.73 Å². The smallest absolute Gasteiger partial charge is 0.0456 e. The van der Waals surface area contributed by atoms with Crippen LogP contribution in [0.3, 0.4) is 0 Å². The Balaban J connectivity index is 2.35. The lowest BCUT2D eigenvalue weighted by atomic mass is 9.66. The van der Waals surface area contributed by atoms with Crippen LogP contribution in [-0.2, 0) is 5.54 Å². The molecule has 0 amide bonds. The third-order valence-corrected chi connectivity index (χ3v) is 4.01. The molecule has 0 aromatic heterocycles. The third-order valence-electron chi connectivity index (χ3n) is 3.68. The Kier molecular flexibility index (Phi) is 3.02. The summed E-state index contributed by atoms with van der Waals surface area (Å²) < 4.78 is 0. The molecule has 2 heteroatoms. The van der Waals surface area contributed by atoms with Gasteiger partial charge in [0.05, 0.1) is 0 Å². The van der Waals surface area contributed by atoms with Crippen LogP contribution in [0.15, 0.2) is 24.3 Å². The first-order chi connectivity index (χ1) is 7.43. The van der Waals surface area contributed by atoms with Gasteiger partial charge in [0.25, 0.3) is 0 Å². The van der Waals surface area contributed by atoms with E-state index in [0.29, 0.717) is 5.41 Å². The predicted molar refractivity (Wildman–Crippen MR) is 69.6 cm³/mol. The summed E-state index contributed by atoms with van der Waals surface area (Å²) in [4.78, 5) is 0. The normalized spacial score (nSPS) is 29.0. The van der Waals surface area contributed by atoms with E-state index in [1.807, 2.05) is 18.2 Å². The summed E-state index contributed by atoms with van der Waals surface area (Å²) >= 11 is 6.26. The van der Waals surface area contributed by atoms with Crippen molar-refractivity contribution in [1.82, 2.24) is 0 Å². The number of hydrogen-bond donors (Lipinski definition) is 1. The van der Waals surface area contributed by atoms with Crippen molar-refractivity contribution >= 4 is 11.6 Å². The Morgan fingerprint density at radius 1 is 1.19 bits per heavy atom. The minimum Gasteiger partial charge on any atom is -0.321 e. The molecule has 1 aromatic rings. The number of halogens is 1. The lowest BCUT2D eigenvalue weighted by Gasteiger charge is -2.43. The summed E-state index contributed by atoms with van der Waals surface area (Å²) in [6, 6.07) is 8.00. The summed E-state index contributed by atoms with van der Waals surface area (Å²) in [5.41, 5.74) is 7.78. The number of hydrogen-bond acceptors (Lipinski definition) is 1. The van der Waals surface area contributed by atoms with Crippen LogP contribution in [0.5, 0.6) is 0 Å². The predicted octanol–water partition coefficient (Wildman–Crippen LogP) is 4.09. The zero-order valence-corrected chi connectivity index (χ0v) is 10.8. The van der Waals surface area contributed by atoms with Crippen molar-refractivity contribution in [2.24, 2.45) is 11.1 Å². The fraction of sp³-hybridized carbons (Fsp3) is 0.571. The average molecular weight is 238 g/mol. The van der Waals surface area contributed by atoms with Crippen LogP contribution in [0.2, 0.25) is 5.02 Å². The number of rotatable bonds is 1. The quantitative estimate of drug-likeness (QED) is 0.782. The van der Waals surface area contributed by atoms with Crippen LogP contribution in [0.4, 0.5) is 0 Å². The highest BCUT2D eigenvalue weighted by molar-refractivity contribution is 6.31. The summed E-state index contributed by atoms with van der Waals surface area (Å²) in [6.07, 6.45) is 4.51. The Bertz CT molecular complexity index is 386. The van der Waals surface area contributed by atoms with E-state index in [-0.39, 0.29) is 5.54 Å². The monoisotopic (exact) mass is 237 g/mol. The first-order valence-electron chi connectivity index (χ1n) is 5.97. The van der Waals surface area contributed by atoms with Gasteiger partial charge in [0.1, 0.15) is 0 Å². The summed E-state index contributed by atoms with van der Waals surface area (Å²) in [6.45, 7) is 4.59. The fourth-order valence-corrected chi connectivity index (χ4v) is 3.33. The molecule has 2 rings (SSSR count). The van der Waals surface area contributed by atoms with Crippen LogP contribution in [0.25, 0.3) is 0 Å². The van der Waals surface area contributed by atoms with Gasteiger partial charge in [-0.05, 0) is 36.3 Å². The first kappa shape index (κ1) is 11.9. The van der Waals surface area contributed by atoms with Gasteiger partial charge < -0.3 is 5.73 Å². The lowest BCUT2D eigenvalue weighted by molar-refractivity contribution is 0.151. The molecule has 1 fully saturated rings. The molecule has 16 heavy (non-hydrogen) atoms. The Labute approximate surface area is 103 Å². The summed E-state index contributed by atoms with van der Waals surface area (Å²) in [5.74, 6) is 0. The maximum atomic E-state index is 6.57. The Morgan fingerprint density at radius 2 is 1.88 bits per heavy atom. The molecular formula is C14H20ClN. The van der Waals surface area contributed by atoms with Crippen molar-refractivity contribution in [3.8, 4) is 0 Å². The maximum absolute atomic E-state index is 6.57. The van der Waals surface area contributed by atoms with Crippen LogP contribution >= 0.6 is 11.6 Å². The van der Waals surface area contributed by atoms with Gasteiger partial charge in [-0.25, -0.2) is 0 Å². The summed E-state index contributed by atoms with van der Waals surface area (Å²) in [7, 11) is 0. The molecule has 1 aliphatic rings. The minimum atomic E-state index is -0.236. The highest BCUT2D eigenvalue weighted by Gasteiger charge is 2.39. The first-order valence-corrected chi connectivity index (χ1v) is 6.35. The SMILES string of the molecule is CC1(C)CCCC(N)(c2ccccc2Cl)C1. The molecule has 0 heterocycles. The standard InChI is InChI=1S/C14H20ClN/c1-13(2)8-5-9-14(16,10-13)11-6-3-4-7-12(11)15/h3-4,6-7H,5,8-10,16H2,1-2H3. The second-order valence-electron chi connectivity index (χ2n) is 5.83. The molecule has 0 radical (unpaired) electrons. The van der Waals surface area contributed by atoms with Gasteiger partial charge in [-0.2, -0.15) is 0 Å². The van der Waals surface area contributed by atoms with Crippen molar-refractivity contribution in [3.63, 3.8) is 0 Å². The van der Waals surface area contributed by atoms with Crippen molar-refractivity contribution in [2.75, 3.05) is 0 Å². The van der Waals surface area contributed by atoms with Crippen molar-refractivity contribution < 1.29 is 0 Å². The second kappa shape index (κ2) is 4.05. The van der Waals surface area contributed by atoms with Crippen LogP contribution in [-0.4, -0.2) is 0 Å². The summed E-state index contributed by atoms with van der Waals surface area (Å²) in [5, 5.41) is 0.808. The zero-order valence-electron chi connectivity index (χ0n) is 10.1. The Hall–Kier alpha value is -0.530. The third kappa shape index (κ3) is 2.26. The molecule has 1 saturated carbocycles. The lowest BCUT2D eigenvalue weighted by Crippen LogP contribution is -2.44. The van der Waals surface area contributed by atoms with E-state index in [2.05, 4.69) is 19.9 Å². The van der Waals surface area contributed by atoms with Gasteiger partial charge in [-0.1, -0.05) is 50.1 Å². The van der Waals surface area contributed by atoms with E-state index in [1.165, 1.54) is 12.8 Å². The van der Waals surface area contributed by atoms with Gasteiger partial charge in [0.2, 0.25) is 0 Å². The molecule has 0 saturated heterocycles. The molecule has 0 spiro atoms. The maximum Gasteiger partial charge on any atom is 0.0456 e. The molecule has 0 bridgehead atoms. The van der Waals surface area contributed by atoms with E-state index in [1.54, 1.807) is 0 Å². The van der Waals surface area contributed by atoms with Gasteiger partial charge in [0.15, 0.2) is 0 Å². The van der Waals surface area contributed by atoms with Crippen LogP contribution in [0, 0.1) is 5.41 Å². The van der Waals surface area contributed by atoms with Crippen molar-refractivity contribution in [1.29, 1.82) is 0 Å². The van der Waals surface area contributed by atoms with E-state index in [9.17, 15) is 0 Å². The molecule has 1 nitrogen and oxygen atoms in total. The topological polar surface area (TPSA) is 26.0 Å². The average Bonchev–Trinajstić information content (AvgIpc) is 2.16. The van der Waals surface area contributed by atoms with Crippen LogP contribution in [0.1, 0.15) is 45.1 Å². The van der Waals surface area contributed by atoms with E-state index in [4.69, 9.17) is 17.3 Å². The molecule has 1 aromatic carbocycles. The van der Waals surface area contributed by atoms with Crippen molar-refractivity contribution in [3.05, 3.63) is 34.9 Å². The van der Waals surface area contributed by atoms with E-state index >= 15 is 0 Å². The highest BCUT2D eigenvalue weighted by atomic mass is 35.5. The van der Waals surface area contributed by atoms with Gasteiger partial charge in [-0.15, -0.1) is 0 Å².